The number of carbonyl (C=O) groups is 1. The normalized spacial score (nSPS) is 10.8. The van der Waals surface area contributed by atoms with Crippen LogP contribution < -0.4 is 10.1 Å². The number of amides is 1. The molecule has 0 unspecified atom stereocenters. The highest BCUT2D eigenvalue weighted by atomic mass is 32.1. The van der Waals surface area contributed by atoms with Gasteiger partial charge >= 0.3 is 0 Å². The van der Waals surface area contributed by atoms with Crippen molar-refractivity contribution in [3.63, 3.8) is 0 Å². The van der Waals surface area contributed by atoms with Gasteiger partial charge in [-0.25, -0.2) is 14.4 Å². The summed E-state index contributed by atoms with van der Waals surface area (Å²) in [6.45, 7) is 4.46. The molecule has 8 nitrogen and oxygen atoms in total. The second-order valence-electron chi connectivity index (χ2n) is 6.49. The van der Waals surface area contributed by atoms with Crippen molar-refractivity contribution in [2.45, 2.75) is 19.6 Å². The molecule has 164 valence electrons. The zero-order chi connectivity index (χ0) is 22.5. The first-order valence-corrected chi connectivity index (χ1v) is 11.5. The standard InChI is InChI=1S/C20H17FN6O2S3/c1-2-7-27-16(25-26-20(27)30)8-13-10-32-19(22-13)24-18(28)15-11-31-17(23-15)9-29-14-5-3-12(21)4-6-14/h2-6,10-11H,1,7-9H2,(H,26,30)(H,22,24,28). The highest BCUT2D eigenvalue weighted by molar-refractivity contribution is 7.71. The Kier molecular flexibility index (Phi) is 6.83. The molecule has 32 heavy (non-hydrogen) atoms. The van der Waals surface area contributed by atoms with Crippen molar-refractivity contribution in [2.75, 3.05) is 5.32 Å². The summed E-state index contributed by atoms with van der Waals surface area (Å²) < 4.78 is 20.9. The van der Waals surface area contributed by atoms with Gasteiger partial charge in [0.1, 0.15) is 34.7 Å². The number of allylic oxidation sites excluding steroid dienone is 1. The lowest BCUT2D eigenvalue weighted by atomic mass is 10.3. The number of benzene rings is 1. The Balaban J connectivity index is 1.35. The highest BCUT2D eigenvalue weighted by Gasteiger charge is 2.15. The number of H-pyrrole nitrogens is 1. The molecule has 0 saturated heterocycles. The second-order valence-corrected chi connectivity index (χ2v) is 8.68. The maximum atomic E-state index is 13.0. The van der Waals surface area contributed by atoms with Gasteiger partial charge in [-0.15, -0.1) is 29.3 Å². The average molecular weight is 489 g/mol. The summed E-state index contributed by atoms with van der Waals surface area (Å²) in [5.74, 6) is 0.576. The Labute approximate surface area is 195 Å². The van der Waals surface area contributed by atoms with Gasteiger partial charge in [-0.05, 0) is 36.5 Å². The average Bonchev–Trinajstić information content (AvgIpc) is 3.51. The topological polar surface area (TPSA) is 97.7 Å². The van der Waals surface area contributed by atoms with Crippen molar-refractivity contribution in [3.05, 3.63) is 80.5 Å². The van der Waals surface area contributed by atoms with Gasteiger partial charge in [0.15, 0.2) is 9.90 Å². The van der Waals surface area contributed by atoms with Crippen molar-refractivity contribution in [1.82, 2.24) is 24.7 Å². The number of rotatable bonds is 9. The highest BCUT2D eigenvalue weighted by Crippen LogP contribution is 2.20. The first-order valence-electron chi connectivity index (χ1n) is 9.35. The van der Waals surface area contributed by atoms with Gasteiger partial charge in [-0.3, -0.25) is 19.8 Å². The van der Waals surface area contributed by atoms with E-state index >= 15 is 0 Å². The first-order chi connectivity index (χ1) is 15.5. The molecule has 0 fully saturated rings. The predicted molar refractivity (Wildman–Crippen MR) is 123 cm³/mol. The summed E-state index contributed by atoms with van der Waals surface area (Å²) in [5, 5.41) is 14.4. The number of aromatic amines is 1. The number of hydrogen-bond donors (Lipinski definition) is 2. The molecule has 0 atom stereocenters. The summed E-state index contributed by atoms with van der Waals surface area (Å²) in [4.78, 5) is 21.3. The maximum Gasteiger partial charge on any atom is 0.276 e. The van der Waals surface area contributed by atoms with E-state index in [4.69, 9.17) is 17.0 Å². The minimum atomic E-state index is -0.357. The molecular formula is C20H17FN6O2S3. The summed E-state index contributed by atoms with van der Waals surface area (Å²) in [7, 11) is 0. The summed E-state index contributed by atoms with van der Waals surface area (Å²) in [6, 6.07) is 5.71. The van der Waals surface area contributed by atoms with Gasteiger partial charge in [-0.1, -0.05) is 6.08 Å². The number of carbonyl (C=O) groups excluding carboxylic acids is 1. The summed E-state index contributed by atoms with van der Waals surface area (Å²) in [5.41, 5.74) is 1.03. The van der Waals surface area contributed by atoms with Crippen LogP contribution in [0.1, 0.15) is 27.0 Å². The fourth-order valence-corrected chi connectivity index (χ4v) is 4.34. The van der Waals surface area contributed by atoms with Gasteiger partial charge in [0.25, 0.3) is 5.91 Å². The van der Waals surface area contributed by atoms with Crippen molar-refractivity contribution >= 4 is 45.9 Å². The van der Waals surface area contributed by atoms with Crippen LogP contribution in [0, 0.1) is 10.6 Å². The molecule has 1 aromatic carbocycles. The molecule has 4 aromatic rings. The molecule has 4 rings (SSSR count). The number of anilines is 1. The largest absolute Gasteiger partial charge is 0.486 e. The number of hydrogen-bond acceptors (Lipinski definition) is 8. The number of thiazole rings is 2. The van der Waals surface area contributed by atoms with E-state index < -0.39 is 0 Å². The number of ether oxygens (including phenoxy) is 1. The van der Waals surface area contributed by atoms with Crippen molar-refractivity contribution in [3.8, 4) is 5.75 Å². The Morgan fingerprint density at radius 3 is 2.88 bits per heavy atom. The van der Waals surface area contributed by atoms with Crippen LogP contribution in [0.2, 0.25) is 0 Å². The van der Waals surface area contributed by atoms with Gasteiger partial charge in [-0.2, -0.15) is 5.10 Å². The van der Waals surface area contributed by atoms with Crippen LogP contribution in [-0.2, 0) is 19.6 Å². The zero-order valence-electron chi connectivity index (χ0n) is 16.6. The van der Waals surface area contributed by atoms with E-state index in [0.717, 1.165) is 11.5 Å². The smallest absolute Gasteiger partial charge is 0.276 e. The SMILES string of the molecule is C=CCn1c(Cc2csc(NC(=O)c3csc(COc4ccc(F)cc4)n3)n2)n[nH]c1=S. The fourth-order valence-electron chi connectivity index (χ4n) is 2.73. The Hall–Kier alpha value is -3.22. The van der Waals surface area contributed by atoms with E-state index in [1.54, 1.807) is 11.5 Å². The van der Waals surface area contributed by atoms with Gasteiger partial charge in [0, 0.05) is 17.3 Å². The molecule has 0 aliphatic heterocycles. The van der Waals surface area contributed by atoms with Crippen LogP contribution >= 0.6 is 34.9 Å². The quantitative estimate of drug-likeness (QED) is 0.264. The molecule has 0 saturated carbocycles. The lowest BCUT2D eigenvalue weighted by Crippen LogP contribution is -2.12. The third-order valence-corrected chi connectivity index (χ3v) is 6.16. The molecule has 0 aliphatic rings. The second kappa shape index (κ2) is 9.94. The molecule has 0 spiro atoms. The van der Waals surface area contributed by atoms with Crippen LogP contribution in [0.25, 0.3) is 0 Å². The van der Waals surface area contributed by atoms with Crippen LogP contribution in [0.3, 0.4) is 0 Å². The molecule has 3 aromatic heterocycles. The molecular weight excluding hydrogens is 471 g/mol. The van der Waals surface area contributed by atoms with Crippen LogP contribution in [0.4, 0.5) is 9.52 Å². The molecule has 0 radical (unpaired) electrons. The van der Waals surface area contributed by atoms with Gasteiger partial charge in [0.05, 0.1) is 12.1 Å². The van der Waals surface area contributed by atoms with Crippen molar-refractivity contribution < 1.29 is 13.9 Å². The number of nitrogens with one attached hydrogen (secondary N) is 2. The fraction of sp³-hybridized carbons (Fsp3) is 0.150. The Morgan fingerprint density at radius 2 is 2.09 bits per heavy atom. The number of nitrogens with zero attached hydrogens (tertiary/aromatic N) is 4. The minimum absolute atomic E-state index is 0.185. The van der Waals surface area contributed by atoms with Gasteiger partial charge < -0.3 is 4.74 Å². The van der Waals surface area contributed by atoms with Crippen molar-refractivity contribution in [2.24, 2.45) is 0 Å². The molecule has 0 aliphatic carbocycles. The first kappa shape index (κ1) is 22.0. The lowest BCUT2D eigenvalue weighted by molar-refractivity contribution is 0.102. The van der Waals surface area contributed by atoms with Crippen LogP contribution in [0.5, 0.6) is 5.75 Å². The van der Waals surface area contributed by atoms with E-state index in [2.05, 4.69) is 32.1 Å². The maximum absolute atomic E-state index is 13.0. The lowest BCUT2D eigenvalue weighted by Gasteiger charge is -2.03. The van der Waals surface area contributed by atoms with Crippen LogP contribution in [-0.4, -0.2) is 30.6 Å². The number of aromatic nitrogens is 5. The van der Waals surface area contributed by atoms with Gasteiger partial charge in [0.2, 0.25) is 0 Å². The summed E-state index contributed by atoms with van der Waals surface area (Å²) >= 11 is 7.84. The van der Waals surface area contributed by atoms with Crippen molar-refractivity contribution in [1.29, 1.82) is 0 Å². The molecule has 12 heteroatoms. The molecule has 3 heterocycles. The van der Waals surface area contributed by atoms with E-state index in [0.29, 0.717) is 33.6 Å². The molecule has 0 bridgehead atoms. The Morgan fingerprint density at radius 1 is 1.28 bits per heavy atom. The predicted octanol–water partition coefficient (Wildman–Crippen LogP) is 4.60. The minimum Gasteiger partial charge on any atom is -0.486 e. The van der Waals surface area contributed by atoms with E-state index in [1.807, 2.05) is 9.95 Å². The summed E-state index contributed by atoms with van der Waals surface area (Å²) in [6.07, 6.45) is 2.21. The van der Waals surface area contributed by atoms with E-state index in [9.17, 15) is 9.18 Å². The molecule has 1 amide bonds. The monoisotopic (exact) mass is 488 g/mol. The third-order valence-electron chi connectivity index (χ3n) is 4.22. The van der Waals surface area contributed by atoms with Crippen LogP contribution in [0.15, 0.2) is 47.7 Å². The van der Waals surface area contributed by atoms with E-state index in [1.165, 1.54) is 46.9 Å². The zero-order valence-corrected chi connectivity index (χ0v) is 19.0. The molecule has 2 N–H and O–H groups in total. The third kappa shape index (κ3) is 5.33. The van der Waals surface area contributed by atoms with E-state index in [-0.39, 0.29) is 24.0 Å². The number of halogens is 1. The Bertz CT molecular complexity index is 1290.